The van der Waals surface area contributed by atoms with Crippen LogP contribution in [-0.4, -0.2) is 5.71 Å². The Labute approximate surface area is 37.2 Å². The Bertz CT molecular complexity index is 94.1. The average molecular weight is 81.1 g/mol. The molecule has 0 aromatic rings. The summed E-state index contributed by atoms with van der Waals surface area (Å²) in [5, 5.41) is 6.90. The van der Waals surface area contributed by atoms with Gasteiger partial charge in [-0.15, -0.1) is 6.58 Å². The number of rotatable bonds is 1. The molecule has 0 unspecified atom stereocenters. The minimum Gasteiger partial charge on any atom is -0.309 e. The molecule has 1 rings (SSSR count). The Morgan fingerprint density at radius 1 is 2.00 bits per heavy atom. The zero-order valence-corrected chi connectivity index (χ0v) is 3.57. The molecule has 1 saturated carbocycles. The molecule has 1 fully saturated rings. The standard InChI is InChI=1S/C5H7N/c1-2-4-3-5(4)6/h2,4,6H,1,3H2/t4-/m1/s1. The molecule has 1 heteroatoms. The number of allylic oxidation sites excluding steroid dienone is 1. The minimum absolute atomic E-state index is 0.449. The first-order valence-corrected chi connectivity index (χ1v) is 2.04. The lowest BCUT2D eigenvalue weighted by atomic mass is 10.4. The van der Waals surface area contributed by atoms with E-state index in [0.29, 0.717) is 5.92 Å². The van der Waals surface area contributed by atoms with Crippen LogP contribution >= 0.6 is 0 Å². The molecule has 6 heavy (non-hydrogen) atoms. The van der Waals surface area contributed by atoms with Gasteiger partial charge in [0.15, 0.2) is 0 Å². The molecule has 0 saturated heterocycles. The summed E-state index contributed by atoms with van der Waals surface area (Å²) >= 11 is 0. The van der Waals surface area contributed by atoms with Crippen molar-refractivity contribution < 1.29 is 0 Å². The van der Waals surface area contributed by atoms with Gasteiger partial charge in [-0.05, 0) is 6.42 Å². The fourth-order valence-corrected chi connectivity index (χ4v) is 0.404. The van der Waals surface area contributed by atoms with Crippen molar-refractivity contribution in [3.8, 4) is 0 Å². The van der Waals surface area contributed by atoms with Crippen LogP contribution in [0.1, 0.15) is 6.42 Å². The normalized spacial score (nSPS) is 30.0. The number of hydrogen-bond acceptors (Lipinski definition) is 1. The lowest BCUT2D eigenvalue weighted by Gasteiger charge is -1.63. The molecule has 1 aliphatic carbocycles. The molecule has 0 radical (unpaired) electrons. The van der Waals surface area contributed by atoms with E-state index in [1.807, 2.05) is 6.08 Å². The predicted molar refractivity (Wildman–Crippen MR) is 26.0 cm³/mol. The second-order valence-corrected chi connectivity index (χ2v) is 1.57. The Morgan fingerprint density at radius 3 is 2.50 bits per heavy atom. The van der Waals surface area contributed by atoms with Crippen LogP contribution in [0.3, 0.4) is 0 Å². The van der Waals surface area contributed by atoms with Crippen molar-refractivity contribution in [1.82, 2.24) is 0 Å². The molecule has 0 bridgehead atoms. The van der Waals surface area contributed by atoms with Crippen LogP contribution in [0.2, 0.25) is 0 Å². The largest absolute Gasteiger partial charge is 0.309 e. The molecule has 0 heterocycles. The van der Waals surface area contributed by atoms with Gasteiger partial charge in [-0.3, -0.25) is 0 Å². The van der Waals surface area contributed by atoms with Gasteiger partial charge in [-0.2, -0.15) is 0 Å². The van der Waals surface area contributed by atoms with Crippen LogP contribution in [0.25, 0.3) is 0 Å². The fraction of sp³-hybridized carbons (Fsp3) is 0.400. The molecular weight excluding hydrogens is 74.1 g/mol. The van der Waals surface area contributed by atoms with Gasteiger partial charge in [0.1, 0.15) is 0 Å². The van der Waals surface area contributed by atoms with Crippen LogP contribution in [0, 0.1) is 11.3 Å². The van der Waals surface area contributed by atoms with Crippen molar-refractivity contribution in [1.29, 1.82) is 5.41 Å². The third kappa shape index (κ3) is 0.361. The monoisotopic (exact) mass is 81.1 g/mol. The van der Waals surface area contributed by atoms with Crippen LogP contribution < -0.4 is 0 Å². The summed E-state index contributed by atoms with van der Waals surface area (Å²) in [5.41, 5.74) is 0.838. The minimum atomic E-state index is 0.449. The molecule has 0 aromatic heterocycles. The van der Waals surface area contributed by atoms with Gasteiger partial charge in [-0.25, -0.2) is 0 Å². The van der Waals surface area contributed by atoms with Crippen molar-refractivity contribution in [2.75, 3.05) is 0 Å². The maximum atomic E-state index is 6.90. The van der Waals surface area contributed by atoms with E-state index in [2.05, 4.69) is 6.58 Å². The molecule has 0 aliphatic heterocycles. The van der Waals surface area contributed by atoms with E-state index in [1.165, 1.54) is 0 Å². The zero-order valence-electron chi connectivity index (χ0n) is 3.57. The van der Waals surface area contributed by atoms with Crippen LogP contribution in [0.4, 0.5) is 0 Å². The smallest absolute Gasteiger partial charge is 0.0195 e. The molecule has 1 N–H and O–H groups in total. The van der Waals surface area contributed by atoms with Crippen LogP contribution in [-0.2, 0) is 0 Å². The topological polar surface area (TPSA) is 23.9 Å². The molecule has 1 atom stereocenters. The van der Waals surface area contributed by atoms with Gasteiger partial charge < -0.3 is 5.41 Å². The molecule has 0 aromatic carbocycles. The summed E-state index contributed by atoms with van der Waals surface area (Å²) in [6.45, 7) is 3.53. The van der Waals surface area contributed by atoms with E-state index in [-0.39, 0.29) is 0 Å². The first-order chi connectivity index (χ1) is 2.84. The maximum Gasteiger partial charge on any atom is 0.0195 e. The summed E-state index contributed by atoms with van der Waals surface area (Å²) in [4.78, 5) is 0. The Balaban J connectivity index is 2.44. The predicted octanol–water partition coefficient (Wildman–Crippen LogP) is 1.21. The number of hydrogen-bond donors (Lipinski definition) is 1. The highest BCUT2D eigenvalue weighted by molar-refractivity contribution is 6.00. The average Bonchev–Trinajstić information content (AvgIpc) is 2.19. The van der Waals surface area contributed by atoms with Crippen LogP contribution in [0.15, 0.2) is 12.7 Å². The maximum absolute atomic E-state index is 6.90. The fourth-order valence-electron chi connectivity index (χ4n) is 0.404. The zero-order chi connectivity index (χ0) is 4.57. The third-order valence-corrected chi connectivity index (χ3v) is 1.01. The van der Waals surface area contributed by atoms with Crippen LogP contribution in [0.5, 0.6) is 0 Å². The molecule has 32 valence electrons. The Morgan fingerprint density at radius 2 is 2.50 bits per heavy atom. The van der Waals surface area contributed by atoms with E-state index < -0.39 is 0 Å². The summed E-state index contributed by atoms with van der Waals surface area (Å²) in [5.74, 6) is 0.449. The first-order valence-electron chi connectivity index (χ1n) is 2.04. The highest BCUT2D eigenvalue weighted by Gasteiger charge is 2.25. The van der Waals surface area contributed by atoms with Crippen molar-refractivity contribution in [3.63, 3.8) is 0 Å². The second-order valence-electron chi connectivity index (χ2n) is 1.57. The molecule has 0 spiro atoms. The van der Waals surface area contributed by atoms with Crippen molar-refractivity contribution in [2.24, 2.45) is 5.92 Å². The summed E-state index contributed by atoms with van der Waals surface area (Å²) in [6, 6.07) is 0. The van der Waals surface area contributed by atoms with Gasteiger partial charge in [0.05, 0.1) is 0 Å². The molecule has 1 nitrogen and oxygen atoms in total. The quantitative estimate of drug-likeness (QED) is 0.459. The summed E-state index contributed by atoms with van der Waals surface area (Å²) < 4.78 is 0. The lowest BCUT2D eigenvalue weighted by Crippen LogP contribution is -1.62. The van der Waals surface area contributed by atoms with Gasteiger partial charge in [0.25, 0.3) is 0 Å². The van der Waals surface area contributed by atoms with Crippen molar-refractivity contribution in [3.05, 3.63) is 12.7 Å². The van der Waals surface area contributed by atoms with Gasteiger partial charge in [0, 0.05) is 11.6 Å². The Kier molecular flexibility index (Phi) is 0.560. The van der Waals surface area contributed by atoms with E-state index in [4.69, 9.17) is 5.41 Å². The second kappa shape index (κ2) is 0.934. The molecular formula is C5H7N. The number of nitrogens with one attached hydrogen (secondary N) is 1. The third-order valence-electron chi connectivity index (χ3n) is 1.01. The van der Waals surface area contributed by atoms with Gasteiger partial charge >= 0.3 is 0 Å². The van der Waals surface area contributed by atoms with Gasteiger partial charge in [0.2, 0.25) is 0 Å². The SMILES string of the molecule is C=C[C@@H]1CC1=N. The van der Waals surface area contributed by atoms with Crippen molar-refractivity contribution in [2.45, 2.75) is 6.42 Å². The highest BCUT2D eigenvalue weighted by Crippen LogP contribution is 2.24. The summed E-state index contributed by atoms with van der Waals surface area (Å²) in [7, 11) is 0. The molecule has 0 amide bonds. The molecule has 1 aliphatic rings. The Hall–Kier alpha value is -0.590. The van der Waals surface area contributed by atoms with E-state index in [0.717, 1.165) is 12.1 Å². The van der Waals surface area contributed by atoms with E-state index in [1.54, 1.807) is 0 Å². The lowest BCUT2D eigenvalue weighted by molar-refractivity contribution is 1.18. The summed E-state index contributed by atoms with van der Waals surface area (Å²) in [6.07, 6.45) is 2.78. The van der Waals surface area contributed by atoms with E-state index >= 15 is 0 Å². The van der Waals surface area contributed by atoms with Gasteiger partial charge in [-0.1, -0.05) is 6.08 Å². The van der Waals surface area contributed by atoms with Crippen molar-refractivity contribution >= 4 is 5.71 Å². The van der Waals surface area contributed by atoms with E-state index in [9.17, 15) is 0 Å². The highest BCUT2D eigenvalue weighted by atomic mass is 14.5. The first kappa shape index (κ1) is 3.59.